The zero-order valence-corrected chi connectivity index (χ0v) is 18.1. The molecule has 2 aromatic heterocycles. The summed E-state index contributed by atoms with van der Waals surface area (Å²) in [4.78, 5) is 15.5. The fourth-order valence-electron chi connectivity index (χ4n) is 4.13. The van der Waals surface area contributed by atoms with Crippen LogP contribution in [0, 0.1) is 0 Å². The van der Waals surface area contributed by atoms with Gasteiger partial charge in [0.25, 0.3) is 5.91 Å². The number of carbonyl (C=O) groups excluding carboxylic acids is 1. The molecule has 0 unspecified atom stereocenters. The fourth-order valence-corrected chi connectivity index (χ4v) is 5.12. The first-order valence-electron chi connectivity index (χ1n) is 10.6. The number of amides is 1. The van der Waals surface area contributed by atoms with Crippen molar-refractivity contribution in [3.63, 3.8) is 0 Å². The minimum absolute atomic E-state index is 0.0345. The molecule has 1 amide bonds. The monoisotopic (exact) mass is 433 g/mol. The topological polar surface area (TPSA) is 68.5 Å². The average molecular weight is 434 g/mol. The Hall–Kier alpha value is -3.19. The van der Waals surface area contributed by atoms with E-state index in [9.17, 15) is 4.79 Å². The minimum atomic E-state index is 0.0345. The summed E-state index contributed by atoms with van der Waals surface area (Å²) in [7, 11) is 0. The van der Waals surface area contributed by atoms with Gasteiger partial charge < -0.3 is 14.1 Å². The van der Waals surface area contributed by atoms with Gasteiger partial charge in [-0.2, -0.15) is 0 Å². The van der Waals surface area contributed by atoms with Crippen molar-refractivity contribution in [3.05, 3.63) is 65.4 Å². The largest absolute Gasteiger partial charge is 0.493 e. The number of hydrogen-bond donors (Lipinski definition) is 0. The number of rotatable bonds is 5. The standard InChI is InChI=1S/C24H23N3O3S/c1-2-29-19-10-9-16-6-3-4-7-18(16)21(19)24(28)27-13-11-17(12-14-27)22-25-26-23(31-22)20-8-5-15-30-20/h3-10,15,17H,2,11-14H2,1H3. The van der Waals surface area contributed by atoms with Crippen LogP contribution in [-0.4, -0.2) is 40.7 Å². The Kier molecular flexibility index (Phi) is 5.42. The van der Waals surface area contributed by atoms with Crippen LogP contribution in [0.3, 0.4) is 0 Å². The zero-order chi connectivity index (χ0) is 21.2. The van der Waals surface area contributed by atoms with Gasteiger partial charge in [0, 0.05) is 19.0 Å². The molecule has 2 aromatic carbocycles. The highest BCUT2D eigenvalue weighted by Gasteiger charge is 2.29. The lowest BCUT2D eigenvalue weighted by Gasteiger charge is -2.31. The van der Waals surface area contributed by atoms with Gasteiger partial charge in [0.2, 0.25) is 0 Å². The van der Waals surface area contributed by atoms with E-state index in [-0.39, 0.29) is 5.91 Å². The van der Waals surface area contributed by atoms with Gasteiger partial charge in [-0.1, -0.05) is 41.7 Å². The van der Waals surface area contributed by atoms with Crippen molar-refractivity contribution in [2.45, 2.75) is 25.7 Å². The Morgan fingerprint density at radius 2 is 1.97 bits per heavy atom. The number of furan rings is 1. The molecule has 1 fully saturated rings. The van der Waals surface area contributed by atoms with E-state index in [2.05, 4.69) is 10.2 Å². The maximum absolute atomic E-state index is 13.5. The molecule has 0 saturated carbocycles. The van der Waals surface area contributed by atoms with E-state index >= 15 is 0 Å². The van der Waals surface area contributed by atoms with E-state index in [0.717, 1.165) is 39.4 Å². The molecular formula is C24H23N3O3S. The molecule has 7 heteroatoms. The van der Waals surface area contributed by atoms with Gasteiger partial charge in [0.15, 0.2) is 10.8 Å². The van der Waals surface area contributed by atoms with Crippen LogP contribution in [0.5, 0.6) is 5.75 Å². The Labute approximate surface area is 184 Å². The van der Waals surface area contributed by atoms with Crippen LogP contribution in [0.1, 0.15) is 41.0 Å². The lowest BCUT2D eigenvalue weighted by Crippen LogP contribution is -2.38. The van der Waals surface area contributed by atoms with Gasteiger partial charge >= 0.3 is 0 Å². The summed E-state index contributed by atoms with van der Waals surface area (Å²) in [6, 6.07) is 15.6. The number of fused-ring (bicyclic) bond motifs is 1. The normalized spacial score (nSPS) is 14.8. The van der Waals surface area contributed by atoms with Crippen molar-refractivity contribution in [3.8, 4) is 16.5 Å². The molecule has 1 aliphatic rings. The number of aromatic nitrogens is 2. The number of nitrogens with zero attached hydrogens (tertiary/aromatic N) is 3. The van der Waals surface area contributed by atoms with E-state index in [4.69, 9.17) is 9.15 Å². The molecule has 3 heterocycles. The predicted molar refractivity (Wildman–Crippen MR) is 121 cm³/mol. The van der Waals surface area contributed by atoms with Gasteiger partial charge in [-0.05, 0) is 48.7 Å². The Morgan fingerprint density at radius 3 is 2.74 bits per heavy atom. The molecule has 158 valence electrons. The maximum atomic E-state index is 13.5. The summed E-state index contributed by atoms with van der Waals surface area (Å²) >= 11 is 1.57. The molecular weight excluding hydrogens is 410 g/mol. The lowest BCUT2D eigenvalue weighted by molar-refractivity contribution is 0.0711. The zero-order valence-electron chi connectivity index (χ0n) is 17.3. The SMILES string of the molecule is CCOc1ccc2ccccc2c1C(=O)N1CCC(c2nnc(-c3ccco3)s2)CC1. The number of benzene rings is 2. The van der Waals surface area contributed by atoms with Crippen LogP contribution in [0.15, 0.2) is 59.2 Å². The third-order valence-electron chi connectivity index (χ3n) is 5.71. The van der Waals surface area contributed by atoms with Crippen molar-refractivity contribution >= 4 is 28.0 Å². The highest BCUT2D eigenvalue weighted by atomic mass is 32.1. The van der Waals surface area contributed by atoms with Gasteiger partial charge in [-0.25, -0.2) is 0 Å². The third-order valence-corrected chi connectivity index (χ3v) is 6.81. The second-order valence-electron chi connectivity index (χ2n) is 7.58. The van der Waals surface area contributed by atoms with E-state index in [1.54, 1.807) is 17.6 Å². The molecule has 1 aliphatic heterocycles. The molecule has 0 bridgehead atoms. The predicted octanol–water partition coefficient (Wildman–Crippen LogP) is 5.37. The molecule has 5 rings (SSSR count). The second-order valence-corrected chi connectivity index (χ2v) is 8.59. The summed E-state index contributed by atoms with van der Waals surface area (Å²) in [6.45, 7) is 3.84. The van der Waals surface area contributed by atoms with Crippen LogP contribution in [0.2, 0.25) is 0 Å². The molecule has 4 aromatic rings. The van der Waals surface area contributed by atoms with Crippen LogP contribution < -0.4 is 4.74 Å². The van der Waals surface area contributed by atoms with Gasteiger partial charge in [0.05, 0.1) is 18.4 Å². The number of piperidine rings is 1. The van der Waals surface area contributed by atoms with Crippen molar-refractivity contribution in [1.29, 1.82) is 0 Å². The highest BCUT2D eigenvalue weighted by molar-refractivity contribution is 7.14. The molecule has 1 saturated heterocycles. The molecule has 0 spiro atoms. The molecule has 0 radical (unpaired) electrons. The lowest BCUT2D eigenvalue weighted by atomic mass is 9.96. The van der Waals surface area contributed by atoms with Crippen molar-refractivity contribution < 1.29 is 13.9 Å². The summed E-state index contributed by atoms with van der Waals surface area (Å²) < 4.78 is 11.2. The first-order chi connectivity index (χ1) is 15.2. The van der Waals surface area contributed by atoms with E-state index in [1.807, 2.05) is 60.4 Å². The smallest absolute Gasteiger partial charge is 0.258 e. The van der Waals surface area contributed by atoms with Crippen molar-refractivity contribution in [2.75, 3.05) is 19.7 Å². The fraction of sp³-hybridized carbons (Fsp3) is 0.292. The van der Waals surface area contributed by atoms with E-state index in [0.29, 0.717) is 36.9 Å². The number of likely N-dealkylation sites (tertiary alicyclic amines) is 1. The summed E-state index contributed by atoms with van der Waals surface area (Å²) in [5, 5.41) is 12.5. The molecule has 0 atom stereocenters. The summed E-state index contributed by atoms with van der Waals surface area (Å²) in [5.74, 6) is 1.74. The first-order valence-corrected chi connectivity index (χ1v) is 11.4. The highest BCUT2D eigenvalue weighted by Crippen LogP contribution is 2.35. The first kappa shape index (κ1) is 19.8. The van der Waals surface area contributed by atoms with E-state index in [1.165, 1.54) is 0 Å². The number of ether oxygens (including phenoxy) is 1. The number of hydrogen-bond acceptors (Lipinski definition) is 6. The maximum Gasteiger partial charge on any atom is 0.258 e. The minimum Gasteiger partial charge on any atom is -0.493 e. The van der Waals surface area contributed by atoms with Crippen LogP contribution in [0.4, 0.5) is 0 Å². The Bertz CT molecular complexity index is 1190. The van der Waals surface area contributed by atoms with Crippen molar-refractivity contribution in [2.24, 2.45) is 0 Å². The van der Waals surface area contributed by atoms with Gasteiger partial charge in [0.1, 0.15) is 10.8 Å². The molecule has 0 aliphatic carbocycles. The summed E-state index contributed by atoms with van der Waals surface area (Å²) in [6.07, 6.45) is 3.38. The molecule has 6 nitrogen and oxygen atoms in total. The summed E-state index contributed by atoms with van der Waals surface area (Å²) in [5.41, 5.74) is 0.662. The quantitative estimate of drug-likeness (QED) is 0.423. The van der Waals surface area contributed by atoms with Crippen LogP contribution in [0.25, 0.3) is 21.5 Å². The Balaban J connectivity index is 1.34. The van der Waals surface area contributed by atoms with Crippen LogP contribution in [-0.2, 0) is 0 Å². The third kappa shape index (κ3) is 3.81. The average Bonchev–Trinajstić information content (AvgIpc) is 3.51. The van der Waals surface area contributed by atoms with Crippen molar-refractivity contribution in [1.82, 2.24) is 15.1 Å². The van der Waals surface area contributed by atoms with Gasteiger partial charge in [-0.15, -0.1) is 10.2 Å². The van der Waals surface area contributed by atoms with Crippen LogP contribution >= 0.6 is 11.3 Å². The van der Waals surface area contributed by atoms with Gasteiger partial charge in [-0.3, -0.25) is 4.79 Å². The Morgan fingerprint density at radius 1 is 1.13 bits per heavy atom. The molecule has 0 N–H and O–H groups in total. The number of carbonyl (C=O) groups is 1. The van der Waals surface area contributed by atoms with E-state index < -0.39 is 0 Å². The second kappa shape index (κ2) is 8.51. The molecule has 31 heavy (non-hydrogen) atoms.